The molecule has 2 heteroatoms. The highest BCUT2D eigenvalue weighted by molar-refractivity contribution is 5.84. The molecule has 0 aromatic rings. The van der Waals surface area contributed by atoms with Gasteiger partial charge in [0.05, 0.1) is 5.60 Å². The minimum absolute atomic E-state index is 0.0623. The first-order valence-corrected chi connectivity index (χ1v) is 4.99. The Morgan fingerprint density at radius 3 is 2.00 bits per heavy atom. The van der Waals surface area contributed by atoms with E-state index in [4.69, 9.17) is 4.74 Å². The minimum atomic E-state index is -0.236. The van der Waals surface area contributed by atoms with Crippen molar-refractivity contribution >= 4 is 5.78 Å². The maximum Gasteiger partial charge on any atom is 0.164 e. The number of hydrogen-bond acceptors (Lipinski definition) is 2. The van der Waals surface area contributed by atoms with Crippen LogP contribution in [0.25, 0.3) is 0 Å². The molecule has 0 aromatic carbocycles. The van der Waals surface area contributed by atoms with Crippen molar-refractivity contribution in [3.05, 3.63) is 0 Å². The molecule has 13 heavy (non-hydrogen) atoms. The fourth-order valence-corrected chi connectivity index (χ4v) is 1.14. The maximum absolute atomic E-state index is 11.6. The number of carbonyl (C=O) groups excluding carboxylic acids is 1. The lowest BCUT2D eigenvalue weighted by atomic mass is 10.0. The highest BCUT2D eigenvalue weighted by Crippen LogP contribution is 2.16. The van der Waals surface area contributed by atoms with Crippen LogP contribution in [0.3, 0.4) is 0 Å². The first-order valence-electron chi connectivity index (χ1n) is 4.99. The zero-order valence-corrected chi connectivity index (χ0v) is 9.68. The van der Waals surface area contributed by atoms with Gasteiger partial charge in [-0.3, -0.25) is 4.79 Å². The van der Waals surface area contributed by atoms with Crippen LogP contribution < -0.4 is 0 Å². The highest BCUT2D eigenvalue weighted by atomic mass is 16.5. The van der Waals surface area contributed by atoms with Crippen LogP contribution in [0.1, 0.15) is 48.0 Å². The van der Waals surface area contributed by atoms with Crippen LogP contribution in [0.5, 0.6) is 0 Å². The summed E-state index contributed by atoms with van der Waals surface area (Å²) in [5, 5.41) is 0. The van der Waals surface area contributed by atoms with Crippen LogP contribution in [0.4, 0.5) is 0 Å². The topological polar surface area (TPSA) is 26.3 Å². The molecule has 0 saturated heterocycles. The number of carbonyl (C=O) groups is 1. The average Bonchev–Trinajstić information content (AvgIpc) is 1.97. The molecule has 0 amide bonds. The minimum Gasteiger partial charge on any atom is -0.365 e. The standard InChI is InChI=1S/C11H22O2/c1-7-9(10(12)8(2)3)13-11(4,5)6/h8-9H,7H2,1-6H3/t9-/m0/s1. The lowest BCUT2D eigenvalue weighted by Crippen LogP contribution is -2.35. The zero-order chi connectivity index (χ0) is 10.6. The molecule has 1 atom stereocenters. The Kier molecular flexibility index (Phi) is 4.62. The summed E-state index contributed by atoms with van der Waals surface area (Å²) in [4.78, 5) is 11.6. The number of rotatable bonds is 4. The van der Waals surface area contributed by atoms with Crippen molar-refractivity contribution in [3.63, 3.8) is 0 Å². The molecule has 2 nitrogen and oxygen atoms in total. The molecule has 78 valence electrons. The van der Waals surface area contributed by atoms with Gasteiger partial charge >= 0.3 is 0 Å². The van der Waals surface area contributed by atoms with Gasteiger partial charge in [0.15, 0.2) is 5.78 Å². The third-order valence-electron chi connectivity index (χ3n) is 1.75. The van der Waals surface area contributed by atoms with Crippen molar-refractivity contribution in [1.29, 1.82) is 0 Å². The molecule has 0 aliphatic carbocycles. The van der Waals surface area contributed by atoms with Gasteiger partial charge in [-0.1, -0.05) is 20.8 Å². The second-order valence-corrected chi connectivity index (χ2v) is 4.68. The van der Waals surface area contributed by atoms with E-state index in [0.717, 1.165) is 6.42 Å². The summed E-state index contributed by atoms with van der Waals surface area (Å²) in [5.74, 6) is 0.268. The molecule has 0 aliphatic heterocycles. The van der Waals surface area contributed by atoms with Crippen LogP contribution in [-0.4, -0.2) is 17.5 Å². The van der Waals surface area contributed by atoms with Gasteiger partial charge in [-0.15, -0.1) is 0 Å². The number of hydrogen-bond donors (Lipinski definition) is 0. The lowest BCUT2D eigenvalue weighted by Gasteiger charge is -2.26. The Bertz CT molecular complexity index is 165. The normalized spacial score (nSPS) is 14.7. The summed E-state index contributed by atoms with van der Waals surface area (Å²) in [5.41, 5.74) is -0.231. The van der Waals surface area contributed by atoms with E-state index in [0.29, 0.717) is 0 Å². The Morgan fingerprint density at radius 1 is 1.31 bits per heavy atom. The largest absolute Gasteiger partial charge is 0.365 e. The molecule has 0 N–H and O–H groups in total. The molecular weight excluding hydrogens is 164 g/mol. The highest BCUT2D eigenvalue weighted by Gasteiger charge is 2.25. The number of ketones is 1. The van der Waals surface area contributed by atoms with E-state index in [9.17, 15) is 4.79 Å². The monoisotopic (exact) mass is 186 g/mol. The third kappa shape index (κ3) is 5.04. The van der Waals surface area contributed by atoms with Gasteiger partial charge in [0.25, 0.3) is 0 Å². The summed E-state index contributed by atoms with van der Waals surface area (Å²) in [6.07, 6.45) is 0.522. The van der Waals surface area contributed by atoms with E-state index >= 15 is 0 Å². The molecule has 0 aromatic heterocycles. The molecule has 0 radical (unpaired) electrons. The Hall–Kier alpha value is -0.370. The van der Waals surface area contributed by atoms with Gasteiger partial charge in [-0.25, -0.2) is 0 Å². The first kappa shape index (κ1) is 12.6. The van der Waals surface area contributed by atoms with Crippen molar-refractivity contribution in [1.82, 2.24) is 0 Å². The third-order valence-corrected chi connectivity index (χ3v) is 1.75. The van der Waals surface area contributed by atoms with Crippen LogP contribution in [0, 0.1) is 5.92 Å². The predicted molar refractivity (Wildman–Crippen MR) is 54.8 cm³/mol. The summed E-state index contributed by atoms with van der Waals surface area (Å²) >= 11 is 0. The van der Waals surface area contributed by atoms with Gasteiger partial charge in [-0.2, -0.15) is 0 Å². The van der Waals surface area contributed by atoms with Gasteiger partial charge in [0.1, 0.15) is 6.10 Å². The van der Waals surface area contributed by atoms with E-state index in [1.807, 2.05) is 41.5 Å². The summed E-state index contributed by atoms with van der Waals surface area (Å²) < 4.78 is 5.66. The molecule has 0 bridgehead atoms. The fraction of sp³-hybridized carbons (Fsp3) is 0.909. The van der Waals surface area contributed by atoms with E-state index in [1.165, 1.54) is 0 Å². The van der Waals surface area contributed by atoms with E-state index in [2.05, 4.69) is 0 Å². The number of Topliss-reactive ketones (excluding diaryl/α,β-unsaturated/α-hetero) is 1. The summed E-state index contributed by atoms with van der Waals surface area (Å²) in [6.45, 7) is 11.7. The average molecular weight is 186 g/mol. The Morgan fingerprint density at radius 2 is 1.77 bits per heavy atom. The van der Waals surface area contributed by atoms with Crippen molar-refractivity contribution in [3.8, 4) is 0 Å². The van der Waals surface area contributed by atoms with E-state index in [-0.39, 0.29) is 23.4 Å². The van der Waals surface area contributed by atoms with Crippen molar-refractivity contribution in [2.24, 2.45) is 5.92 Å². The molecule has 0 spiro atoms. The van der Waals surface area contributed by atoms with Gasteiger partial charge in [0, 0.05) is 5.92 Å². The van der Waals surface area contributed by atoms with Crippen LogP contribution >= 0.6 is 0 Å². The van der Waals surface area contributed by atoms with Crippen molar-refractivity contribution in [2.45, 2.75) is 59.7 Å². The second kappa shape index (κ2) is 4.75. The molecule has 0 aliphatic rings. The molecule has 0 heterocycles. The lowest BCUT2D eigenvalue weighted by molar-refractivity contribution is -0.143. The van der Waals surface area contributed by atoms with Crippen molar-refractivity contribution < 1.29 is 9.53 Å². The van der Waals surface area contributed by atoms with Crippen LogP contribution in [-0.2, 0) is 9.53 Å². The SMILES string of the molecule is CC[C@H](OC(C)(C)C)C(=O)C(C)C. The van der Waals surface area contributed by atoms with Crippen LogP contribution in [0.2, 0.25) is 0 Å². The van der Waals surface area contributed by atoms with Crippen molar-refractivity contribution in [2.75, 3.05) is 0 Å². The Balaban J connectivity index is 4.27. The smallest absolute Gasteiger partial charge is 0.164 e. The first-order chi connectivity index (χ1) is 5.78. The predicted octanol–water partition coefficient (Wildman–Crippen LogP) is 2.81. The van der Waals surface area contributed by atoms with E-state index < -0.39 is 0 Å². The Labute approximate surface area is 81.7 Å². The fourth-order valence-electron chi connectivity index (χ4n) is 1.14. The molecule has 0 saturated carbocycles. The van der Waals surface area contributed by atoms with Gasteiger partial charge < -0.3 is 4.74 Å². The molecule has 0 unspecified atom stereocenters. The van der Waals surface area contributed by atoms with Crippen LogP contribution in [0.15, 0.2) is 0 Å². The molecule has 0 rings (SSSR count). The quantitative estimate of drug-likeness (QED) is 0.675. The maximum atomic E-state index is 11.6. The number of ether oxygens (including phenoxy) is 1. The molecule has 0 fully saturated rings. The summed E-state index contributed by atoms with van der Waals surface area (Å²) in [6, 6.07) is 0. The van der Waals surface area contributed by atoms with Gasteiger partial charge in [-0.05, 0) is 27.2 Å². The zero-order valence-electron chi connectivity index (χ0n) is 9.68. The summed E-state index contributed by atoms with van der Waals surface area (Å²) in [7, 11) is 0. The molecular formula is C11H22O2. The van der Waals surface area contributed by atoms with E-state index in [1.54, 1.807) is 0 Å². The second-order valence-electron chi connectivity index (χ2n) is 4.68. The van der Waals surface area contributed by atoms with Gasteiger partial charge in [0.2, 0.25) is 0 Å².